The van der Waals surface area contributed by atoms with Crippen LogP contribution in [-0.2, 0) is 11.8 Å². The van der Waals surface area contributed by atoms with Gasteiger partial charge in [0.05, 0.1) is 0 Å². The summed E-state index contributed by atoms with van der Waals surface area (Å²) in [5.74, 6) is 0. The molecule has 0 amide bonds. The molecule has 0 unspecified atom stereocenters. The number of anilines is 1. The van der Waals surface area contributed by atoms with Gasteiger partial charge in [-0.15, -0.1) is 0 Å². The molecule has 0 fully saturated rings. The highest BCUT2D eigenvalue weighted by Crippen LogP contribution is 2.51. The lowest BCUT2D eigenvalue weighted by molar-refractivity contribution is 0.225. The van der Waals surface area contributed by atoms with Gasteiger partial charge in [-0.3, -0.25) is 0 Å². The molecule has 76 valence electrons. The van der Waals surface area contributed by atoms with Crippen molar-refractivity contribution in [2.24, 2.45) is 5.41 Å². The summed E-state index contributed by atoms with van der Waals surface area (Å²) in [5, 5.41) is 0. The minimum absolute atomic E-state index is 0.260. The fraction of sp³-hybridized carbons (Fsp3) is 0.538. The highest BCUT2D eigenvalue weighted by molar-refractivity contribution is 5.51. The Morgan fingerprint density at radius 2 is 1.79 bits per heavy atom. The first-order valence-corrected chi connectivity index (χ1v) is 5.23. The van der Waals surface area contributed by atoms with Gasteiger partial charge in [0.25, 0.3) is 0 Å². The van der Waals surface area contributed by atoms with Crippen molar-refractivity contribution in [3.63, 3.8) is 0 Å². The van der Waals surface area contributed by atoms with Crippen LogP contribution in [0.1, 0.15) is 38.8 Å². The van der Waals surface area contributed by atoms with Crippen LogP contribution in [0, 0.1) is 5.41 Å². The van der Waals surface area contributed by atoms with E-state index in [1.165, 1.54) is 11.1 Å². The van der Waals surface area contributed by atoms with Crippen LogP contribution in [0.4, 0.5) is 5.69 Å². The molecule has 2 rings (SSSR count). The van der Waals surface area contributed by atoms with Crippen molar-refractivity contribution < 1.29 is 0 Å². The van der Waals surface area contributed by atoms with Gasteiger partial charge in [-0.1, -0.05) is 33.8 Å². The lowest BCUT2D eigenvalue weighted by atomic mass is 9.69. The maximum atomic E-state index is 5.81. The second-order valence-electron chi connectivity index (χ2n) is 5.60. The van der Waals surface area contributed by atoms with Gasteiger partial charge in [0.1, 0.15) is 0 Å². The zero-order chi connectivity index (χ0) is 10.6. The third-order valence-electron chi connectivity index (χ3n) is 4.13. The molecule has 1 nitrogen and oxygen atoms in total. The summed E-state index contributed by atoms with van der Waals surface area (Å²) in [6.45, 7) is 9.33. The maximum absolute atomic E-state index is 5.81. The lowest BCUT2D eigenvalue weighted by Crippen LogP contribution is -2.32. The summed E-state index contributed by atoms with van der Waals surface area (Å²) < 4.78 is 0. The van der Waals surface area contributed by atoms with Gasteiger partial charge in [-0.2, -0.15) is 0 Å². The Bertz CT molecular complexity index is 375. The van der Waals surface area contributed by atoms with Gasteiger partial charge in [0, 0.05) is 5.69 Å². The van der Waals surface area contributed by atoms with E-state index in [0.29, 0.717) is 5.41 Å². The third kappa shape index (κ3) is 1.08. The fourth-order valence-electron chi connectivity index (χ4n) is 2.43. The van der Waals surface area contributed by atoms with Crippen molar-refractivity contribution in [2.75, 3.05) is 5.73 Å². The molecular formula is C13H19N. The minimum Gasteiger partial charge on any atom is -0.399 e. The SMILES string of the molecule is CC1(C)Cc2cc(N)ccc2C1(C)C. The van der Waals surface area contributed by atoms with Crippen molar-refractivity contribution in [3.05, 3.63) is 29.3 Å². The average molecular weight is 189 g/mol. The van der Waals surface area contributed by atoms with Crippen LogP contribution in [0.15, 0.2) is 18.2 Å². The topological polar surface area (TPSA) is 26.0 Å². The molecule has 1 aliphatic rings. The van der Waals surface area contributed by atoms with E-state index in [4.69, 9.17) is 5.73 Å². The molecule has 1 heteroatoms. The number of rotatable bonds is 0. The predicted molar refractivity (Wildman–Crippen MR) is 61.4 cm³/mol. The molecular weight excluding hydrogens is 170 g/mol. The molecule has 0 saturated carbocycles. The number of nitrogens with two attached hydrogens (primary N) is 1. The van der Waals surface area contributed by atoms with E-state index in [2.05, 4.69) is 39.8 Å². The van der Waals surface area contributed by atoms with Crippen molar-refractivity contribution >= 4 is 5.69 Å². The minimum atomic E-state index is 0.260. The molecule has 0 aromatic heterocycles. The summed E-state index contributed by atoms with van der Waals surface area (Å²) in [4.78, 5) is 0. The predicted octanol–water partition coefficient (Wildman–Crippen LogP) is 3.13. The van der Waals surface area contributed by atoms with Gasteiger partial charge in [-0.05, 0) is 40.5 Å². The van der Waals surface area contributed by atoms with E-state index in [9.17, 15) is 0 Å². The Hall–Kier alpha value is -0.980. The molecule has 0 aliphatic heterocycles. The van der Waals surface area contributed by atoms with Crippen LogP contribution in [-0.4, -0.2) is 0 Å². The van der Waals surface area contributed by atoms with Gasteiger partial charge < -0.3 is 5.73 Å². The largest absolute Gasteiger partial charge is 0.399 e. The van der Waals surface area contributed by atoms with Crippen molar-refractivity contribution in [1.29, 1.82) is 0 Å². The van der Waals surface area contributed by atoms with Crippen molar-refractivity contribution in [3.8, 4) is 0 Å². The molecule has 2 N–H and O–H groups in total. The van der Waals surface area contributed by atoms with Crippen LogP contribution < -0.4 is 5.73 Å². The van der Waals surface area contributed by atoms with Crippen molar-refractivity contribution in [1.82, 2.24) is 0 Å². The first-order chi connectivity index (χ1) is 6.34. The maximum Gasteiger partial charge on any atom is 0.0316 e. The second kappa shape index (κ2) is 2.53. The number of benzene rings is 1. The zero-order valence-corrected chi connectivity index (χ0v) is 9.52. The first kappa shape index (κ1) is 9.57. The smallest absolute Gasteiger partial charge is 0.0316 e. The third-order valence-corrected chi connectivity index (χ3v) is 4.13. The average Bonchev–Trinajstić information content (AvgIpc) is 2.18. The van der Waals surface area contributed by atoms with E-state index in [-0.39, 0.29) is 5.41 Å². The van der Waals surface area contributed by atoms with Crippen LogP contribution in [0.5, 0.6) is 0 Å². The number of hydrogen-bond acceptors (Lipinski definition) is 1. The second-order valence-corrected chi connectivity index (χ2v) is 5.60. The van der Waals surface area contributed by atoms with Gasteiger partial charge in [0.2, 0.25) is 0 Å². The molecule has 0 spiro atoms. The Balaban J connectivity index is 2.60. The first-order valence-electron chi connectivity index (χ1n) is 5.23. The molecule has 0 radical (unpaired) electrons. The Morgan fingerprint density at radius 1 is 1.14 bits per heavy atom. The standard InChI is InChI=1S/C13H19N/c1-12(2)8-9-7-10(14)5-6-11(9)13(12,3)4/h5-7H,8,14H2,1-4H3. The number of hydrogen-bond donors (Lipinski definition) is 1. The van der Waals surface area contributed by atoms with Gasteiger partial charge in [0.15, 0.2) is 0 Å². The van der Waals surface area contributed by atoms with E-state index in [0.717, 1.165) is 12.1 Å². The Labute approximate surface area is 86.3 Å². The zero-order valence-electron chi connectivity index (χ0n) is 9.52. The monoisotopic (exact) mass is 189 g/mol. The Morgan fingerprint density at radius 3 is 2.43 bits per heavy atom. The quantitative estimate of drug-likeness (QED) is 0.623. The molecule has 1 aliphatic carbocycles. The summed E-state index contributed by atoms with van der Waals surface area (Å²) in [7, 11) is 0. The molecule has 14 heavy (non-hydrogen) atoms. The molecule has 0 saturated heterocycles. The molecule has 1 aromatic carbocycles. The Kier molecular flexibility index (Phi) is 1.73. The van der Waals surface area contributed by atoms with Gasteiger partial charge >= 0.3 is 0 Å². The van der Waals surface area contributed by atoms with Crippen LogP contribution in [0.25, 0.3) is 0 Å². The summed E-state index contributed by atoms with van der Waals surface area (Å²) in [6, 6.07) is 6.34. The summed E-state index contributed by atoms with van der Waals surface area (Å²) >= 11 is 0. The van der Waals surface area contributed by atoms with E-state index in [1.807, 2.05) is 6.07 Å². The highest BCUT2D eigenvalue weighted by Gasteiger charge is 2.45. The van der Waals surface area contributed by atoms with Crippen LogP contribution >= 0.6 is 0 Å². The highest BCUT2D eigenvalue weighted by atomic mass is 14.6. The normalized spacial score (nSPS) is 22.0. The lowest BCUT2D eigenvalue weighted by Gasteiger charge is -2.35. The number of fused-ring (bicyclic) bond motifs is 1. The van der Waals surface area contributed by atoms with Gasteiger partial charge in [-0.25, -0.2) is 0 Å². The fourth-order valence-corrected chi connectivity index (χ4v) is 2.43. The van der Waals surface area contributed by atoms with Crippen LogP contribution in [0.2, 0.25) is 0 Å². The van der Waals surface area contributed by atoms with Crippen LogP contribution in [0.3, 0.4) is 0 Å². The number of nitrogen functional groups attached to an aromatic ring is 1. The molecule has 0 bridgehead atoms. The van der Waals surface area contributed by atoms with E-state index < -0.39 is 0 Å². The molecule has 1 aromatic rings. The van der Waals surface area contributed by atoms with E-state index >= 15 is 0 Å². The summed E-state index contributed by atoms with van der Waals surface area (Å²) in [6.07, 6.45) is 1.14. The summed E-state index contributed by atoms with van der Waals surface area (Å²) in [5.41, 5.74) is 10.2. The molecule has 0 heterocycles. The van der Waals surface area contributed by atoms with Crippen molar-refractivity contribution in [2.45, 2.75) is 39.5 Å². The molecule has 0 atom stereocenters. The van der Waals surface area contributed by atoms with E-state index in [1.54, 1.807) is 0 Å².